The minimum Gasteiger partial charge on any atom is -0.497 e. The van der Waals surface area contributed by atoms with E-state index in [1.54, 1.807) is 49.4 Å². The first kappa shape index (κ1) is 27.3. The molecule has 2 amide bonds. The lowest BCUT2D eigenvalue weighted by atomic mass is 9.96. The molecule has 2 N–H and O–H groups in total. The molecule has 1 heterocycles. The van der Waals surface area contributed by atoms with Crippen molar-refractivity contribution in [1.82, 2.24) is 5.43 Å². The molecule has 0 spiro atoms. The first-order valence-corrected chi connectivity index (χ1v) is 13.1. The molecule has 200 valence electrons. The zero-order valence-electron chi connectivity index (χ0n) is 21.4. The fourth-order valence-electron chi connectivity index (χ4n) is 3.99. The molecule has 1 aliphatic rings. The quantitative estimate of drug-likeness (QED) is 0.142. The van der Waals surface area contributed by atoms with E-state index >= 15 is 0 Å². The lowest BCUT2D eigenvalue weighted by Gasteiger charge is -2.11. The molecule has 0 fully saturated rings. The zero-order valence-corrected chi connectivity index (χ0v) is 22.2. The van der Waals surface area contributed by atoms with Crippen molar-refractivity contribution in [3.8, 4) is 23.3 Å². The third-order valence-electron chi connectivity index (χ3n) is 5.89. The van der Waals surface area contributed by atoms with Gasteiger partial charge in [0.05, 0.1) is 31.1 Å². The van der Waals surface area contributed by atoms with Crippen LogP contribution in [0.15, 0.2) is 47.6 Å². The molecular weight excluding hydrogens is 520 g/mol. The largest absolute Gasteiger partial charge is 0.497 e. The molecule has 2 aromatic carbocycles. The number of methoxy groups -OCH3 is 1. The molecule has 3 aromatic rings. The van der Waals surface area contributed by atoms with E-state index in [2.05, 4.69) is 21.9 Å². The number of ether oxygens (including phenoxy) is 3. The Hall–Kier alpha value is -4.69. The molecular formula is C28H26N4O6S. The number of carbonyl (C=O) groups is 3. The molecule has 10 nitrogen and oxygen atoms in total. The van der Waals surface area contributed by atoms with Crippen molar-refractivity contribution in [2.75, 3.05) is 19.0 Å². The number of hydrogen-bond donors (Lipinski definition) is 2. The molecule has 39 heavy (non-hydrogen) atoms. The molecule has 0 unspecified atom stereocenters. The number of rotatable bonds is 8. The van der Waals surface area contributed by atoms with Gasteiger partial charge in [-0.15, -0.1) is 11.3 Å². The summed E-state index contributed by atoms with van der Waals surface area (Å²) < 4.78 is 16.2. The standard InChI is InChI=1S/C28H26N4O6S/c1-3-37-23-14-17(8-13-22(23)38-28(35)18-9-11-19(36-2)12-10-18)16-30-32-26(34)25(33)31-27-21(15-29)20-6-4-5-7-24(20)39-27/h8-14,16H,3-7H2,1-2H3,(H,31,33)(H,32,34)/b30-16+. The van der Waals surface area contributed by atoms with Crippen LogP contribution in [0.5, 0.6) is 17.2 Å². The zero-order chi connectivity index (χ0) is 27.8. The van der Waals surface area contributed by atoms with Gasteiger partial charge in [0.1, 0.15) is 16.8 Å². The third-order valence-corrected chi connectivity index (χ3v) is 7.10. The molecule has 0 saturated heterocycles. The van der Waals surface area contributed by atoms with Gasteiger partial charge in [-0.25, -0.2) is 10.2 Å². The van der Waals surface area contributed by atoms with E-state index < -0.39 is 17.8 Å². The number of nitrogens with one attached hydrogen (secondary N) is 2. The minimum absolute atomic E-state index is 0.213. The van der Waals surface area contributed by atoms with Crippen molar-refractivity contribution in [1.29, 1.82) is 5.26 Å². The Morgan fingerprint density at radius 2 is 1.85 bits per heavy atom. The average molecular weight is 547 g/mol. The third kappa shape index (κ3) is 6.61. The Balaban J connectivity index is 1.38. The highest BCUT2D eigenvalue weighted by atomic mass is 32.1. The van der Waals surface area contributed by atoms with Gasteiger partial charge in [-0.3, -0.25) is 9.59 Å². The summed E-state index contributed by atoms with van der Waals surface area (Å²) >= 11 is 1.34. The Morgan fingerprint density at radius 3 is 2.56 bits per heavy atom. The molecule has 0 saturated carbocycles. The SMILES string of the molecule is CCOc1cc(/C=N/NC(=O)C(=O)Nc2sc3c(c2C#N)CCCC3)ccc1OC(=O)c1ccc(OC)cc1. The summed E-state index contributed by atoms with van der Waals surface area (Å²) in [6.45, 7) is 2.11. The first-order valence-electron chi connectivity index (χ1n) is 12.3. The predicted octanol–water partition coefficient (Wildman–Crippen LogP) is 4.21. The van der Waals surface area contributed by atoms with Gasteiger partial charge in [-0.1, -0.05) is 0 Å². The summed E-state index contributed by atoms with van der Waals surface area (Å²) in [5, 5.41) is 16.3. The van der Waals surface area contributed by atoms with Crippen molar-refractivity contribution in [3.63, 3.8) is 0 Å². The van der Waals surface area contributed by atoms with Gasteiger partial charge in [-0.2, -0.15) is 10.4 Å². The highest BCUT2D eigenvalue weighted by Crippen LogP contribution is 2.37. The van der Waals surface area contributed by atoms with Crippen LogP contribution in [0.1, 0.15) is 51.7 Å². The second-order valence-electron chi connectivity index (χ2n) is 8.44. The highest BCUT2D eigenvalue weighted by Gasteiger charge is 2.23. The molecule has 0 radical (unpaired) electrons. The summed E-state index contributed by atoms with van der Waals surface area (Å²) in [4.78, 5) is 38.3. The maximum absolute atomic E-state index is 12.5. The second-order valence-corrected chi connectivity index (χ2v) is 9.54. The summed E-state index contributed by atoms with van der Waals surface area (Å²) in [5.41, 5.74) is 4.44. The Kier molecular flexibility index (Phi) is 8.91. The summed E-state index contributed by atoms with van der Waals surface area (Å²) in [7, 11) is 1.54. The smallest absolute Gasteiger partial charge is 0.343 e. The van der Waals surface area contributed by atoms with E-state index in [1.165, 1.54) is 24.7 Å². The number of esters is 1. The number of fused-ring (bicyclic) bond motifs is 1. The number of carbonyl (C=O) groups excluding carboxylic acids is 3. The number of amides is 2. The van der Waals surface area contributed by atoms with Crippen molar-refractivity contribution in [3.05, 3.63) is 69.6 Å². The van der Waals surface area contributed by atoms with Crippen molar-refractivity contribution < 1.29 is 28.6 Å². The topological polar surface area (TPSA) is 139 Å². The van der Waals surface area contributed by atoms with Crippen LogP contribution in [0, 0.1) is 11.3 Å². The Bertz CT molecular complexity index is 1460. The number of benzene rings is 2. The van der Waals surface area contributed by atoms with Gasteiger partial charge in [0.15, 0.2) is 11.5 Å². The van der Waals surface area contributed by atoms with E-state index in [1.807, 2.05) is 0 Å². The maximum Gasteiger partial charge on any atom is 0.343 e. The molecule has 0 atom stereocenters. The normalized spacial score (nSPS) is 12.2. The molecule has 0 aliphatic heterocycles. The molecule has 1 aromatic heterocycles. The van der Waals surface area contributed by atoms with Crippen LogP contribution in [0.2, 0.25) is 0 Å². The van der Waals surface area contributed by atoms with E-state index in [9.17, 15) is 19.6 Å². The van der Waals surface area contributed by atoms with Crippen LogP contribution < -0.4 is 25.0 Å². The number of nitrogens with zero attached hydrogens (tertiary/aromatic N) is 2. The molecule has 11 heteroatoms. The average Bonchev–Trinajstić information content (AvgIpc) is 3.31. The van der Waals surface area contributed by atoms with E-state index in [0.717, 1.165) is 36.1 Å². The fourth-order valence-corrected chi connectivity index (χ4v) is 5.23. The predicted molar refractivity (Wildman–Crippen MR) is 146 cm³/mol. The van der Waals surface area contributed by atoms with Gasteiger partial charge in [0.2, 0.25) is 0 Å². The van der Waals surface area contributed by atoms with Gasteiger partial charge in [-0.05, 0) is 86.2 Å². The number of anilines is 1. The first-order chi connectivity index (χ1) is 18.9. The van der Waals surface area contributed by atoms with E-state index in [4.69, 9.17) is 14.2 Å². The number of aryl methyl sites for hydroxylation is 1. The van der Waals surface area contributed by atoms with E-state index in [-0.39, 0.29) is 5.75 Å². The van der Waals surface area contributed by atoms with Crippen LogP contribution in [-0.4, -0.2) is 37.7 Å². The van der Waals surface area contributed by atoms with Crippen molar-refractivity contribution >= 4 is 40.3 Å². The molecule has 1 aliphatic carbocycles. The van der Waals surface area contributed by atoms with Gasteiger partial charge in [0, 0.05) is 4.88 Å². The monoisotopic (exact) mass is 546 g/mol. The van der Waals surface area contributed by atoms with Gasteiger partial charge in [0.25, 0.3) is 0 Å². The second kappa shape index (κ2) is 12.7. The lowest BCUT2D eigenvalue weighted by molar-refractivity contribution is -0.136. The number of hydrazone groups is 1. The van der Waals surface area contributed by atoms with Gasteiger partial charge < -0.3 is 19.5 Å². The number of thiophene rings is 1. The summed E-state index contributed by atoms with van der Waals surface area (Å²) in [5.74, 6) is -1.32. The van der Waals surface area contributed by atoms with Crippen LogP contribution >= 0.6 is 11.3 Å². The highest BCUT2D eigenvalue weighted by molar-refractivity contribution is 7.16. The van der Waals surface area contributed by atoms with Crippen LogP contribution in [0.25, 0.3) is 0 Å². The number of hydrogen-bond acceptors (Lipinski definition) is 9. The Labute approximate surface area is 229 Å². The van der Waals surface area contributed by atoms with Crippen molar-refractivity contribution in [2.24, 2.45) is 5.10 Å². The van der Waals surface area contributed by atoms with Crippen LogP contribution in [0.3, 0.4) is 0 Å². The lowest BCUT2D eigenvalue weighted by Crippen LogP contribution is -2.32. The Morgan fingerprint density at radius 1 is 1.08 bits per heavy atom. The van der Waals surface area contributed by atoms with Crippen molar-refractivity contribution in [2.45, 2.75) is 32.6 Å². The molecule has 0 bridgehead atoms. The number of nitriles is 1. The summed E-state index contributed by atoms with van der Waals surface area (Å²) in [6.07, 6.45) is 5.03. The van der Waals surface area contributed by atoms with E-state index in [0.29, 0.717) is 39.8 Å². The van der Waals surface area contributed by atoms with Crippen LogP contribution in [-0.2, 0) is 22.4 Å². The maximum atomic E-state index is 12.5. The van der Waals surface area contributed by atoms with Gasteiger partial charge >= 0.3 is 17.8 Å². The minimum atomic E-state index is -0.975. The summed E-state index contributed by atoms with van der Waals surface area (Å²) in [6, 6.07) is 13.4. The molecule has 4 rings (SSSR count). The van der Waals surface area contributed by atoms with Crippen LogP contribution in [0.4, 0.5) is 5.00 Å². The fraction of sp³-hybridized carbons (Fsp3) is 0.250.